The molecule has 1 nitrogen and oxygen atoms in total. The van der Waals surface area contributed by atoms with Crippen LogP contribution in [0.3, 0.4) is 0 Å². The van der Waals surface area contributed by atoms with Crippen LogP contribution in [0.15, 0.2) is 30.3 Å². The van der Waals surface area contributed by atoms with Crippen molar-refractivity contribution in [2.24, 2.45) is 0 Å². The number of aryl methyl sites for hydroxylation is 1. The van der Waals surface area contributed by atoms with Crippen LogP contribution in [-0.4, -0.2) is 0 Å². The molecule has 0 aliphatic rings. The molecule has 0 saturated carbocycles. The predicted molar refractivity (Wildman–Crippen MR) is 86.3 cm³/mol. The molecule has 21 heavy (non-hydrogen) atoms. The summed E-state index contributed by atoms with van der Waals surface area (Å²) < 4.78 is 19.6. The van der Waals surface area contributed by atoms with Gasteiger partial charge in [0.15, 0.2) is 0 Å². The minimum absolute atomic E-state index is 0.0612. The van der Waals surface area contributed by atoms with Crippen molar-refractivity contribution in [3.05, 3.63) is 57.9 Å². The second kappa shape index (κ2) is 6.67. The zero-order chi connectivity index (χ0) is 15.6. The van der Waals surface area contributed by atoms with E-state index in [1.54, 1.807) is 12.1 Å². The van der Waals surface area contributed by atoms with E-state index in [9.17, 15) is 4.39 Å². The van der Waals surface area contributed by atoms with E-state index in [0.717, 1.165) is 11.1 Å². The fourth-order valence-corrected chi connectivity index (χ4v) is 2.80. The standard InChI is InChI=1S/C17H17Cl2FO/c1-10(2)12-8-17(11(3)7-14(12)19)21-16-6-4-5-15(20)13(16)9-18/h4-8,10H,9H2,1-3H3. The summed E-state index contributed by atoms with van der Waals surface area (Å²) in [5, 5.41) is 0.714. The summed E-state index contributed by atoms with van der Waals surface area (Å²) in [5.41, 5.74) is 2.26. The normalized spacial score (nSPS) is 11.0. The number of rotatable bonds is 4. The molecule has 112 valence electrons. The van der Waals surface area contributed by atoms with Gasteiger partial charge in [0.1, 0.15) is 17.3 Å². The lowest BCUT2D eigenvalue weighted by molar-refractivity contribution is 0.466. The molecule has 0 spiro atoms. The molecule has 0 aliphatic carbocycles. The average molecular weight is 327 g/mol. The smallest absolute Gasteiger partial charge is 0.134 e. The van der Waals surface area contributed by atoms with Crippen molar-refractivity contribution in [2.45, 2.75) is 32.6 Å². The summed E-state index contributed by atoms with van der Waals surface area (Å²) >= 11 is 12.1. The Bertz CT molecular complexity index is 653. The highest BCUT2D eigenvalue weighted by Gasteiger charge is 2.14. The van der Waals surface area contributed by atoms with Gasteiger partial charge in [-0.2, -0.15) is 0 Å². The highest BCUT2D eigenvalue weighted by Crippen LogP contribution is 2.35. The Kier molecular flexibility index (Phi) is 5.13. The summed E-state index contributed by atoms with van der Waals surface area (Å²) in [7, 11) is 0. The second-order valence-corrected chi connectivity index (χ2v) is 5.92. The first kappa shape index (κ1) is 16.1. The maximum absolute atomic E-state index is 13.7. The molecule has 2 aromatic rings. The van der Waals surface area contributed by atoms with Crippen LogP contribution in [0.1, 0.15) is 36.5 Å². The summed E-state index contributed by atoms with van der Waals surface area (Å²) in [6.45, 7) is 6.03. The van der Waals surface area contributed by atoms with Crippen LogP contribution in [0.2, 0.25) is 5.02 Å². The summed E-state index contributed by atoms with van der Waals surface area (Å²) in [6, 6.07) is 8.47. The second-order valence-electron chi connectivity index (χ2n) is 5.25. The van der Waals surface area contributed by atoms with Crippen LogP contribution in [-0.2, 0) is 5.88 Å². The minimum Gasteiger partial charge on any atom is -0.457 e. The molecular formula is C17H17Cl2FO. The molecular weight excluding hydrogens is 310 g/mol. The molecule has 2 aromatic carbocycles. The highest BCUT2D eigenvalue weighted by atomic mass is 35.5. The highest BCUT2D eigenvalue weighted by molar-refractivity contribution is 6.31. The molecule has 0 atom stereocenters. The van der Waals surface area contributed by atoms with Gasteiger partial charge in [0.2, 0.25) is 0 Å². The molecule has 0 aromatic heterocycles. The van der Waals surface area contributed by atoms with E-state index in [-0.39, 0.29) is 17.6 Å². The molecule has 0 N–H and O–H groups in total. The van der Waals surface area contributed by atoms with Gasteiger partial charge in [-0.1, -0.05) is 31.5 Å². The molecule has 0 amide bonds. The van der Waals surface area contributed by atoms with Gasteiger partial charge in [-0.15, -0.1) is 11.6 Å². The lowest BCUT2D eigenvalue weighted by atomic mass is 10.0. The van der Waals surface area contributed by atoms with Crippen molar-refractivity contribution in [1.82, 2.24) is 0 Å². The Morgan fingerprint density at radius 2 is 1.90 bits per heavy atom. The zero-order valence-corrected chi connectivity index (χ0v) is 13.7. The fraction of sp³-hybridized carbons (Fsp3) is 0.294. The summed E-state index contributed by atoms with van der Waals surface area (Å²) in [6.07, 6.45) is 0. The van der Waals surface area contributed by atoms with E-state index in [0.29, 0.717) is 22.1 Å². The van der Waals surface area contributed by atoms with Crippen molar-refractivity contribution in [2.75, 3.05) is 0 Å². The molecule has 2 rings (SSSR count). The maximum atomic E-state index is 13.7. The van der Waals surface area contributed by atoms with Crippen LogP contribution >= 0.6 is 23.2 Å². The van der Waals surface area contributed by atoms with Crippen LogP contribution < -0.4 is 4.74 Å². The molecule has 4 heteroatoms. The number of benzene rings is 2. The number of alkyl halides is 1. The lowest BCUT2D eigenvalue weighted by Crippen LogP contribution is -1.97. The molecule has 0 fully saturated rings. The Balaban J connectivity index is 2.45. The molecule has 0 saturated heterocycles. The van der Waals surface area contributed by atoms with Gasteiger partial charge in [-0.05, 0) is 48.2 Å². The Morgan fingerprint density at radius 3 is 2.52 bits per heavy atom. The average Bonchev–Trinajstić information content (AvgIpc) is 2.41. The maximum Gasteiger partial charge on any atom is 0.134 e. The van der Waals surface area contributed by atoms with E-state index < -0.39 is 0 Å². The number of hydrogen-bond donors (Lipinski definition) is 0. The lowest BCUT2D eigenvalue weighted by Gasteiger charge is -2.16. The van der Waals surface area contributed by atoms with E-state index in [1.807, 2.05) is 19.1 Å². The monoisotopic (exact) mass is 326 g/mol. The van der Waals surface area contributed by atoms with Crippen molar-refractivity contribution in [1.29, 1.82) is 0 Å². The molecule has 0 unspecified atom stereocenters. The first-order valence-electron chi connectivity index (χ1n) is 6.75. The van der Waals surface area contributed by atoms with E-state index in [2.05, 4.69) is 13.8 Å². The van der Waals surface area contributed by atoms with Gasteiger partial charge in [0.05, 0.1) is 5.88 Å². The van der Waals surface area contributed by atoms with Crippen molar-refractivity contribution in [3.63, 3.8) is 0 Å². The Morgan fingerprint density at radius 1 is 1.19 bits per heavy atom. The van der Waals surface area contributed by atoms with Gasteiger partial charge in [-0.3, -0.25) is 0 Å². The molecule has 0 aliphatic heterocycles. The van der Waals surface area contributed by atoms with Crippen LogP contribution in [0.4, 0.5) is 4.39 Å². The third-order valence-electron chi connectivity index (χ3n) is 3.35. The minimum atomic E-state index is -0.363. The third kappa shape index (κ3) is 3.50. The first-order valence-corrected chi connectivity index (χ1v) is 7.66. The first-order chi connectivity index (χ1) is 9.93. The fourth-order valence-electron chi connectivity index (χ4n) is 2.10. The molecule has 0 bridgehead atoms. The van der Waals surface area contributed by atoms with Crippen LogP contribution in [0, 0.1) is 12.7 Å². The van der Waals surface area contributed by atoms with E-state index in [1.165, 1.54) is 6.07 Å². The van der Waals surface area contributed by atoms with Crippen LogP contribution in [0.5, 0.6) is 11.5 Å². The van der Waals surface area contributed by atoms with Crippen molar-refractivity contribution in [3.8, 4) is 11.5 Å². The quantitative estimate of drug-likeness (QED) is 0.587. The number of halogens is 3. The van der Waals surface area contributed by atoms with Crippen molar-refractivity contribution >= 4 is 23.2 Å². The molecule has 0 radical (unpaired) electrons. The van der Waals surface area contributed by atoms with Crippen molar-refractivity contribution < 1.29 is 9.13 Å². The summed E-state index contributed by atoms with van der Waals surface area (Å²) in [4.78, 5) is 0. The van der Waals surface area contributed by atoms with Gasteiger partial charge in [-0.25, -0.2) is 4.39 Å². The SMILES string of the molecule is Cc1cc(Cl)c(C(C)C)cc1Oc1cccc(F)c1CCl. The Labute approximate surface area is 134 Å². The predicted octanol–water partition coefficient (Wildman–Crippen LogP) is 6.44. The van der Waals surface area contributed by atoms with Gasteiger partial charge >= 0.3 is 0 Å². The topological polar surface area (TPSA) is 9.23 Å². The largest absolute Gasteiger partial charge is 0.457 e. The van der Waals surface area contributed by atoms with Gasteiger partial charge < -0.3 is 4.74 Å². The third-order valence-corrected chi connectivity index (χ3v) is 3.94. The van der Waals surface area contributed by atoms with Gasteiger partial charge in [0, 0.05) is 10.6 Å². The summed E-state index contributed by atoms with van der Waals surface area (Å²) in [5.74, 6) is 1.08. The van der Waals surface area contributed by atoms with Gasteiger partial charge in [0.25, 0.3) is 0 Å². The molecule has 0 heterocycles. The van der Waals surface area contributed by atoms with E-state index >= 15 is 0 Å². The number of hydrogen-bond acceptors (Lipinski definition) is 1. The Hall–Kier alpha value is -1.25. The van der Waals surface area contributed by atoms with E-state index in [4.69, 9.17) is 27.9 Å². The number of ether oxygens (including phenoxy) is 1. The van der Waals surface area contributed by atoms with Crippen LogP contribution in [0.25, 0.3) is 0 Å². The zero-order valence-electron chi connectivity index (χ0n) is 12.2.